The maximum atomic E-state index is 12.2. The van der Waals surface area contributed by atoms with Crippen molar-refractivity contribution in [3.8, 4) is 17.2 Å². The number of carbonyl (C=O) groups excluding carboxylic acids is 2. The number of aliphatic hydroxyl groups excluding tert-OH is 2. The average molecular weight is 470 g/mol. The van der Waals surface area contributed by atoms with Crippen molar-refractivity contribution in [2.45, 2.75) is 44.2 Å². The quantitative estimate of drug-likeness (QED) is 0.243. The molecule has 0 bridgehead atoms. The monoisotopic (exact) mass is 470 g/mol. The van der Waals surface area contributed by atoms with Crippen LogP contribution in [0.4, 0.5) is 0 Å². The van der Waals surface area contributed by atoms with Gasteiger partial charge in [-0.15, -0.1) is 0 Å². The van der Waals surface area contributed by atoms with Gasteiger partial charge in [-0.2, -0.15) is 0 Å². The fourth-order valence-corrected chi connectivity index (χ4v) is 3.46. The first-order valence-electron chi connectivity index (χ1n) is 10.6. The van der Waals surface area contributed by atoms with Crippen LogP contribution in [0.15, 0.2) is 48.6 Å². The number of rotatable bonds is 6. The number of hydrogen-bond donors (Lipinski definition) is 5. The second-order valence-corrected chi connectivity index (χ2v) is 8.02. The van der Waals surface area contributed by atoms with Crippen molar-refractivity contribution >= 4 is 24.1 Å². The van der Waals surface area contributed by atoms with Crippen molar-refractivity contribution in [1.29, 1.82) is 0 Å². The molecule has 0 spiro atoms. The Morgan fingerprint density at radius 2 is 1.41 bits per heavy atom. The van der Waals surface area contributed by atoms with Crippen LogP contribution in [0.1, 0.15) is 29.5 Å². The molecule has 9 nitrogen and oxygen atoms in total. The number of esters is 2. The van der Waals surface area contributed by atoms with Gasteiger partial charge in [0.05, 0.1) is 6.10 Å². The lowest BCUT2D eigenvalue weighted by molar-refractivity contribution is -0.174. The molecule has 1 saturated carbocycles. The van der Waals surface area contributed by atoms with E-state index < -0.39 is 36.4 Å². The summed E-state index contributed by atoms with van der Waals surface area (Å²) in [4.78, 5) is 24.4. The molecule has 4 atom stereocenters. The second-order valence-electron chi connectivity index (χ2n) is 8.02. The van der Waals surface area contributed by atoms with Crippen molar-refractivity contribution in [3.63, 3.8) is 0 Å². The summed E-state index contributed by atoms with van der Waals surface area (Å²) >= 11 is 0. The molecule has 5 N–H and O–H groups in total. The summed E-state index contributed by atoms with van der Waals surface area (Å²) in [5, 5.41) is 48.9. The minimum atomic E-state index is -1.35. The Kier molecular flexibility index (Phi) is 7.93. The summed E-state index contributed by atoms with van der Waals surface area (Å²) in [5.74, 6) is -2.05. The van der Waals surface area contributed by atoms with Crippen LogP contribution in [0, 0.1) is 6.92 Å². The first kappa shape index (κ1) is 24.8. The predicted octanol–water partition coefficient (Wildman–Crippen LogP) is 2.18. The Balaban J connectivity index is 1.57. The number of aromatic hydroxyl groups is 3. The molecule has 34 heavy (non-hydrogen) atoms. The van der Waals surface area contributed by atoms with Crippen LogP contribution in [-0.2, 0) is 19.1 Å². The van der Waals surface area contributed by atoms with Gasteiger partial charge in [0, 0.05) is 25.0 Å². The zero-order chi connectivity index (χ0) is 24.8. The fraction of sp³-hybridized carbons (Fsp3) is 0.280. The van der Waals surface area contributed by atoms with Gasteiger partial charge in [-0.05, 0) is 54.0 Å². The average Bonchev–Trinajstić information content (AvgIpc) is 2.78. The number of carbonyl (C=O) groups is 2. The predicted molar refractivity (Wildman–Crippen MR) is 122 cm³/mol. The van der Waals surface area contributed by atoms with Crippen molar-refractivity contribution < 1.29 is 44.6 Å². The maximum absolute atomic E-state index is 12.2. The summed E-state index contributed by atoms with van der Waals surface area (Å²) in [6.07, 6.45) is 0.515. The molecule has 1 aliphatic rings. The van der Waals surface area contributed by atoms with E-state index in [0.29, 0.717) is 16.7 Å². The summed E-state index contributed by atoms with van der Waals surface area (Å²) in [7, 11) is 0. The zero-order valence-electron chi connectivity index (χ0n) is 18.4. The topological polar surface area (TPSA) is 154 Å². The van der Waals surface area contributed by atoms with Crippen LogP contribution in [0.25, 0.3) is 12.2 Å². The van der Waals surface area contributed by atoms with Crippen LogP contribution >= 0.6 is 0 Å². The molecule has 0 heterocycles. The molecule has 3 rings (SSSR count). The standard InChI is InChI=1S/C25H26O9/c1-14-2-3-15(10-19(14)27)5-8-23(30)33-17-12-21(29)25(32)22(13-17)34-24(31)9-6-16-4-7-18(26)20(28)11-16/h2-11,17,21-22,25-29,32H,12-13H2,1H3/b8-5+,9-6+/t17-,21-,22-,25+/m1/s1. The molecule has 0 unspecified atom stereocenters. The number of hydrogen-bond acceptors (Lipinski definition) is 9. The fourth-order valence-electron chi connectivity index (χ4n) is 3.46. The Labute approximate surface area is 195 Å². The second kappa shape index (κ2) is 10.9. The van der Waals surface area contributed by atoms with E-state index >= 15 is 0 Å². The molecule has 9 heteroatoms. The van der Waals surface area contributed by atoms with E-state index in [4.69, 9.17) is 9.47 Å². The van der Waals surface area contributed by atoms with Crippen LogP contribution in [0.2, 0.25) is 0 Å². The minimum Gasteiger partial charge on any atom is -0.508 e. The highest BCUT2D eigenvalue weighted by atomic mass is 16.6. The van der Waals surface area contributed by atoms with Gasteiger partial charge in [-0.3, -0.25) is 0 Å². The molecule has 0 aromatic heterocycles. The first-order valence-corrected chi connectivity index (χ1v) is 10.6. The smallest absolute Gasteiger partial charge is 0.331 e. The third-order valence-electron chi connectivity index (χ3n) is 5.38. The molecule has 0 saturated heterocycles. The first-order chi connectivity index (χ1) is 16.1. The molecular formula is C25H26O9. The molecule has 0 amide bonds. The van der Waals surface area contributed by atoms with E-state index in [1.807, 2.05) is 0 Å². The number of phenolic OH excluding ortho intramolecular Hbond substituents is 3. The van der Waals surface area contributed by atoms with Gasteiger partial charge >= 0.3 is 11.9 Å². The highest BCUT2D eigenvalue weighted by Gasteiger charge is 2.39. The molecule has 180 valence electrons. The lowest BCUT2D eigenvalue weighted by Crippen LogP contribution is -2.49. The van der Waals surface area contributed by atoms with Crippen LogP contribution in [-0.4, -0.2) is 61.9 Å². The van der Waals surface area contributed by atoms with E-state index in [2.05, 4.69) is 0 Å². The van der Waals surface area contributed by atoms with E-state index in [-0.39, 0.29) is 30.1 Å². The summed E-state index contributed by atoms with van der Waals surface area (Å²) < 4.78 is 10.6. The highest BCUT2D eigenvalue weighted by Crippen LogP contribution is 2.27. The van der Waals surface area contributed by atoms with Crippen LogP contribution in [0.3, 0.4) is 0 Å². The van der Waals surface area contributed by atoms with Crippen molar-refractivity contribution in [2.75, 3.05) is 0 Å². The lowest BCUT2D eigenvalue weighted by Gasteiger charge is -2.35. The molecule has 1 aliphatic carbocycles. The van der Waals surface area contributed by atoms with Crippen LogP contribution < -0.4 is 0 Å². The minimum absolute atomic E-state index is 0.0112. The Hall–Kier alpha value is -3.82. The summed E-state index contributed by atoms with van der Waals surface area (Å²) in [6.45, 7) is 1.75. The normalized spacial score (nSPS) is 22.7. The molecular weight excluding hydrogens is 444 g/mol. The third-order valence-corrected chi connectivity index (χ3v) is 5.38. The van der Waals surface area contributed by atoms with Crippen LogP contribution in [0.5, 0.6) is 17.2 Å². The van der Waals surface area contributed by atoms with Gasteiger partial charge in [0.2, 0.25) is 0 Å². The van der Waals surface area contributed by atoms with E-state index in [1.54, 1.807) is 19.1 Å². The SMILES string of the molecule is Cc1ccc(/C=C/C(=O)O[C@@H]2C[C@@H](O)[C@H](O)[C@H](OC(=O)/C=C/c3ccc(O)c(O)c3)C2)cc1O. The zero-order valence-corrected chi connectivity index (χ0v) is 18.4. The number of benzene rings is 2. The highest BCUT2D eigenvalue weighted by molar-refractivity contribution is 5.88. The Bertz CT molecular complexity index is 1110. The maximum Gasteiger partial charge on any atom is 0.331 e. The largest absolute Gasteiger partial charge is 0.508 e. The van der Waals surface area contributed by atoms with Gasteiger partial charge in [-0.25, -0.2) is 9.59 Å². The van der Waals surface area contributed by atoms with Crippen molar-refractivity contribution in [3.05, 3.63) is 65.2 Å². The van der Waals surface area contributed by atoms with Crippen molar-refractivity contribution in [1.82, 2.24) is 0 Å². The summed E-state index contributed by atoms with van der Waals surface area (Å²) in [6, 6.07) is 8.91. The van der Waals surface area contributed by atoms with Gasteiger partial charge in [0.1, 0.15) is 24.1 Å². The number of phenols is 3. The molecule has 0 aliphatic heterocycles. The van der Waals surface area contributed by atoms with Gasteiger partial charge in [0.25, 0.3) is 0 Å². The van der Waals surface area contributed by atoms with Gasteiger partial charge in [-0.1, -0.05) is 18.2 Å². The molecule has 2 aromatic carbocycles. The third kappa shape index (κ3) is 6.60. The lowest BCUT2D eigenvalue weighted by atomic mass is 9.89. The van der Waals surface area contributed by atoms with E-state index in [0.717, 1.165) is 6.08 Å². The number of aryl methyl sites for hydroxylation is 1. The number of aliphatic hydroxyl groups is 2. The Morgan fingerprint density at radius 3 is 2.03 bits per heavy atom. The van der Waals surface area contributed by atoms with Crippen molar-refractivity contribution in [2.24, 2.45) is 0 Å². The van der Waals surface area contributed by atoms with E-state index in [1.165, 1.54) is 42.5 Å². The molecule has 1 fully saturated rings. The summed E-state index contributed by atoms with van der Waals surface area (Å²) in [5.41, 5.74) is 1.72. The molecule has 2 aromatic rings. The van der Waals surface area contributed by atoms with E-state index in [9.17, 15) is 35.1 Å². The van der Waals surface area contributed by atoms with Gasteiger partial charge < -0.3 is 35.0 Å². The molecule has 0 radical (unpaired) electrons. The Morgan fingerprint density at radius 1 is 0.824 bits per heavy atom. The van der Waals surface area contributed by atoms with Gasteiger partial charge in [0.15, 0.2) is 11.5 Å². The number of ether oxygens (including phenoxy) is 2.